The van der Waals surface area contributed by atoms with E-state index in [1.54, 1.807) is 23.1 Å². The summed E-state index contributed by atoms with van der Waals surface area (Å²) in [5.41, 5.74) is 2.95. The molecule has 0 N–H and O–H groups in total. The summed E-state index contributed by atoms with van der Waals surface area (Å²) in [7, 11) is 0. The van der Waals surface area contributed by atoms with E-state index in [0.717, 1.165) is 16.8 Å². The summed E-state index contributed by atoms with van der Waals surface area (Å²) in [6.45, 7) is 4.09. The smallest absolute Gasteiger partial charge is 0.264 e. The first-order valence-corrected chi connectivity index (χ1v) is 8.51. The van der Waals surface area contributed by atoms with E-state index >= 15 is 0 Å². The molecule has 0 spiro atoms. The van der Waals surface area contributed by atoms with Crippen LogP contribution in [0, 0.1) is 25.2 Å². The van der Waals surface area contributed by atoms with Crippen molar-refractivity contribution >= 4 is 34.8 Å². The van der Waals surface area contributed by atoms with Gasteiger partial charge in [-0.25, -0.2) is 0 Å². The van der Waals surface area contributed by atoms with Gasteiger partial charge in [-0.1, -0.05) is 35.3 Å². The molecule has 0 fully saturated rings. The van der Waals surface area contributed by atoms with Crippen LogP contribution in [0.5, 0.6) is 5.75 Å². The fourth-order valence-electron chi connectivity index (χ4n) is 2.27. The van der Waals surface area contributed by atoms with Crippen LogP contribution >= 0.6 is 23.2 Å². The van der Waals surface area contributed by atoms with Crippen molar-refractivity contribution in [3.63, 3.8) is 0 Å². The molecule has 0 radical (unpaired) electrons. The van der Waals surface area contributed by atoms with Crippen molar-refractivity contribution in [3.8, 4) is 11.8 Å². The number of ether oxygens (including phenoxy) is 1. The molecule has 0 heterocycles. The van der Waals surface area contributed by atoms with Gasteiger partial charge in [0.1, 0.15) is 10.8 Å². The van der Waals surface area contributed by atoms with Crippen LogP contribution in [0.2, 0.25) is 10.0 Å². The van der Waals surface area contributed by atoms with Crippen molar-refractivity contribution in [3.05, 3.63) is 57.6 Å². The second-order valence-electron chi connectivity index (χ2n) is 5.56. The molecule has 25 heavy (non-hydrogen) atoms. The van der Waals surface area contributed by atoms with Crippen LogP contribution in [-0.4, -0.2) is 19.1 Å². The van der Waals surface area contributed by atoms with E-state index in [0.29, 0.717) is 17.3 Å². The Morgan fingerprint density at radius 2 is 1.96 bits per heavy atom. The third-order valence-corrected chi connectivity index (χ3v) is 4.62. The lowest BCUT2D eigenvalue weighted by molar-refractivity contribution is -0.120. The summed E-state index contributed by atoms with van der Waals surface area (Å²) < 4.78 is 5.53. The van der Waals surface area contributed by atoms with E-state index in [1.807, 2.05) is 32.0 Å². The quantitative estimate of drug-likeness (QED) is 0.717. The highest BCUT2D eigenvalue weighted by atomic mass is 35.5. The maximum Gasteiger partial charge on any atom is 0.264 e. The molecule has 0 atom stereocenters. The Morgan fingerprint density at radius 1 is 1.20 bits per heavy atom. The lowest BCUT2D eigenvalue weighted by Gasteiger charge is -2.23. The van der Waals surface area contributed by atoms with Crippen molar-refractivity contribution in [2.45, 2.75) is 20.3 Å². The summed E-state index contributed by atoms with van der Waals surface area (Å²) in [5.74, 6) is 0.0948. The molecule has 0 saturated heterocycles. The Balaban J connectivity index is 2.16. The maximum atomic E-state index is 12.6. The zero-order valence-electron chi connectivity index (χ0n) is 14.1. The molecular formula is C19H18Cl2N2O2. The second kappa shape index (κ2) is 8.75. The summed E-state index contributed by atoms with van der Waals surface area (Å²) in [6, 6.07) is 12.8. The molecule has 0 unspecified atom stereocenters. The molecule has 130 valence electrons. The standard InChI is InChI=1S/C19H18Cl2N2O2/c1-13-7-8-15(11-14(13)2)23(10-4-9-22)18(24)12-25-17-6-3-5-16(20)19(17)21/h3,5-8,11H,4,10,12H2,1-2H3. The first kappa shape index (κ1) is 19.1. The Hall–Kier alpha value is -2.22. The first-order valence-electron chi connectivity index (χ1n) is 7.75. The maximum absolute atomic E-state index is 12.6. The van der Waals surface area contributed by atoms with Gasteiger partial charge in [0.25, 0.3) is 5.91 Å². The highest BCUT2D eigenvalue weighted by Crippen LogP contribution is 2.31. The van der Waals surface area contributed by atoms with Gasteiger partial charge in [-0.3, -0.25) is 4.79 Å². The van der Waals surface area contributed by atoms with Crippen molar-refractivity contribution in [1.82, 2.24) is 0 Å². The van der Waals surface area contributed by atoms with E-state index < -0.39 is 0 Å². The van der Waals surface area contributed by atoms with Crippen LogP contribution in [0.3, 0.4) is 0 Å². The zero-order chi connectivity index (χ0) is 18.4. The van der Waals surface area contributed by atoms with Gasteiger partial charge in [-0.15, -0.1) is 0 Å². The number of hydrogen-bond donors (Lipinski definition) is 0. The lowest BCUT2D eigenvalue weighted by Crippen LogP contribution is -2.35. The normalized spacial score (nSPS) is 10.2. The van der Waals surface area contributed by atoms with Crippen LogP contribution in [0.4, 0.5) is 5.69 Å². The summed E-state index contributed by atoms with van der Waals surface area (Å²) in [5, 5.41) is 9.50. The molecule has 2 rings (SSSR count). The predicted octanol–water partition coefficient (Wildman–Crippen LogP) is 4.94. The average Bonchev–Trinajstić information content (AvgIpc) is 2.59. The number of carbonyl (C=O) groups is 1. The van der Waals surface area contributed by atoms with Gasteiger partial charge in [-0.05, 0) is 49.2 Å². The molecule has 0 aliphatic heterocycles. The second-order valence-corrected chi connectivity index (χ2v) is 6.35. The number of nitrogens with zero attached hydrogens (tertiary/aromatic N) is 2. The summed E-state index contributed by atoms with van der Waals surface area (Å²) in [4.78, 5) is 14.2. The van der Waals surface area contributed by atoms with E-state index in [2.05, 4.69) is 6.07 Å². The monoisotopic (exact) mass is 376 g/mol. The molecule has 0 aliphatic carbocycles. The minimum Gasteiger partial charge on any atom is -0.482 e. The first-order chi connectivity index (χ1) is 11.9. The molecule has 1 amide bonds. The largest absolute Gasteiger partial charge is 0.482 e. The Bertz CT molecular complexity index is 816. The van der Waals surface area contributed by atoms with E-state index in [1.165, 1.54) is 0 Å². The fourth-order valence-corrected chi connectivity index (χ4v) is 2.61. The number of carbonyl (C=O) groups excluding carboxylic acids is 1. The lowest BCUT2D eigenvalue weighted by atomic mass is 10.1. The molecule has 0 saturated carbocycles. The number of rotatable bonds is 6. The van der Waals surface area contributed by atoms with Crippen LogP contribution < -0.4 is 9.64 Å². The molecule has 2 aromatic rings. The van der Waals surface area contributed by atoms with Crippen LogP contribution in [0.15, 0.2) is 36.4 Å². The number of aryl methyl sites for hydroxylation is 2. The van der Waals surface area contributed by atoms with E-state index in [9.17, 15) is 4.79 Å². The van der Waals surface area contributed by atoms with Gasteiger partial charge in [0, 0.05) is 12.2 Å². The predicted molar refractivity (Wildman–Crippen MR) is 100 cm³/mol. The van der Waals surface area contributed by atoms with Crippen molar-refractivity contribution in [1.29, 1.82) is 5.26 Å². The van der Waals surface area contributed by atoms with E-state index in [-0.39, 0.29) is 24.0 Å². The third kappa shape index (κ3) is 4.88. The number of anilines is 1. The Morgan fingerprint density at radius 3 is 2.64 bits per heavy atom. The molecule has 0 aromatic heterocycles. The number of hydrogen-bond acceptors (Lipinski definition) is 3. The van der Waals surface area contributed by atoms with Crippen LogP contribution in [-0.2, 0) is 4.79 Å². The SMILES string of the molecule is Cc1ccc(N(CCC#N)C(=O)COc2cccc(Cl)c2Cl)cc1C. The van der Waals surface area contributed by atoms with Gasteiger partial charge >= 0.3 is 0 Å². The van der Waals surface area contributed by atoms with Crippen molar-refractivity contribution in [2.75, 3.05) is 18.1 Å². The highest BCUT2D eigenvalue weighted by Gasteiger charge is 2.17. The Labute approximate surface area is 157 Å². The Kier molecular flexibility index (Phi) is 6.69. The van der Waals surface area contributed by atoms with Gasteiger partial charge < -0.3 is 9.64 Å². The minimum absolute atomic E-state index is 0.196. The minimum atomic E-state index is -0.255. The average molecular weight is 377 g/mol. The number of amides is 1. The number of halogens is 2. The number of nitriles is 1. The van der Waals surface area contributed by atoms with Gasteiger partial charge in [0.05, 0.1) is 17.5 Å². The zero-order valence-corrected chi connectivity index (χ0v) is 15.6. The molecule has 0 aliphatic rings. The highest BCUT2D eigenvalue weighted by molar-refractivity contribution is 6.42. The molecule has 4 nitrogen and oxygen atoms in total. The fraction of sp³-hybridized carbons (Fsp3) is 0.263. The summed E-state index contributed by atoms with van der Waals surface area (Å²) >= 11 is 12.0. The third-order valence-electron chi connectivity index (χ3n) is 3.82. The number of benzene rings is 2. The summed E-state index contributed by atoms with van der Waals surface area (Å²) in [6.07, 6.45) is 0.233. The topological polar surface area (TPSA) is 53.3 Å². The molecular weight excluding hydrogens is 359 g/mol. The van der Waals surface area contributed by atoms with Gasteiger partial charge in [-0.2, -0.15) is 5.26 Å². The van der Waals surface area contributed by atoms with Crippen molar-refractivity contribution < 1.29 is 9.53 Å². The molecule has 0 bridgehead atoms. The van der Waals surface area contributed by atoms with Gasteiger partial charge in [0.15, 0.2) is 6.61 Å². The molecule has 6 heteroatoms. The van der Waals surface area contributed by atoms with E-state index in [4.69, 9.17) is 33.2 Å². The molecule has 2 aromatic carbocycles. The van der Waals surface area contributed by atoms with Crippen LogP contribution in [0.1, 0.15) is 17.5 Å². The van der Waals surface area contributed by atoms with Gasteiger partial charge in [0.2, 0.25) is 0 Å². The van der Waals surface area contributed by atoms with Crippen molar-refractivity contribution in [2.24, 2.45) is 0 Å². The van der Waals surface area contributed by atoms with Crippen LogP contribution in [0.25, 0.3) is 0 Å².